The van der Waals surface area contributed by atoms with Gasteiger partial charge in [-0.1, -0.05) is 13.8 Å². The highest BCUT2D eigenvalue weighted by Crippen LogP contribution is 1.96. The molecule has 0 aromatic heterocycles. The summed E-state index contributed by atoms with van der Waals surface area (Å²) >= 11 is 0. The second-order valence-electron chi connectivity index (χ2n) is 3.96. The molecule has 3 heteroatoms. The average molecular weight is 204 g/mol. The highest BCUT2D eigenvalue weighted by molar-refractivity contribution is 4.46. The van der Waals surface area contributed by atoms with Crippen LogP contribution in [-0.2, 0) is 14.2 Å². The first-order valence-electron chi connectivity index (χ1n) is 5.35. The molecular weight excluding hydrogens is 180 g/mol. The van der Waals surface area contributed by atoms with E-state index in [0.717, 1.165) is 26.2 Å². The Hall–Kier alpha value is -0.120. The molecule has 1 atom stereocenters. The Kier molecular flexibility index (Phi) is 9.35. The fourth-order valence-corrected chi connectivity index (χ4v) is 1.05. The molecule has 86 valence electrons. The van der Waals surface area contributed by atoms with Gasteiger partial charge in [-0.2, -0.15) is 0 Å². The molecule has 0 aliphatic rings. The quantitative estimate of drug-likeness (QED) is 0.538. The van der Waals surface area contributed by atoms with Crippen LogP contribution in [-0.4, -0.2) is 39.6 Å². The summed E-state index contributed by atoms with van der Waals surface area (Å²) in [5, 5.41) is 0. The Labute approximate surface area is 87.7 Å². The zero-order valence-corrected chi connectivity index (χ0v) is 9.91. The highest BCUT2D eigenvalue weighted by atomic mass is 16.5. The van der Waals surface area contributed by atoms with Gasteiger partial charge >= 0.3 is 0 Å². The van der Waals surface area contributed by atoms with E-state index in [2.05, 4.69) is 13.8 Å². The van der Waals surface area contributed by atoms with Crippen LogP contribution in [0, 0.1) is 5.92 Å². The van der Waals surface area contributed by atoms with Gasteiger partial charge in [-0.25, -0.2) is 0 Å². The number of rotatable bonds is 9. The molecule has 0 rings (SSSR count). The number of ether oxygens (including phenoxy) is 3. The lowest BCUT2D eigenvalue weighted by Crippen LogP contribution is -2.16. The smallest absolute Gasteiger partial charge is 0.0780 e. The molecular formula is C11H24O3. The Bertz CT molecular complexity index is 115. The fourth-order valence-electron chi connectivity index (χ4n) is 1.05. The van der Waals surface area contributed by atoms with E-state index in [9.17, 15) is 0 Å². The van der Waals surface area contributed by atoms with Crippen molar-refractivity contribution >= 4 is 0 Å². The van der Waals surface area contributed by atoms with Crippen molar-refractivity contribution in [2.75, 3.05) is 33.5 Å². The van der Waals surface area contributed by atoms with Gasteiger partial charge in [0.05, 0.1) is 12.7 Å². The molecule has 0 heterocycles. The van der Waals surface area contributed by atoms with Crippen LogP contribution in [0.25, 0.3) is 0 Å². The van der Waals surface area contributed by atoms with Crippen LogP contribution in [0.5, 0.6) is 0 Å². The normalized spacial score (nSPS) is 13.5. The monoisotopic (exact) mass is 204 g/mol. The second-order valence-corrected chi connectivity index (χ2v) is 3.96. The molecule has 0 saturated carbocycles. The number of hydrogen-bond donors (Lipinski definition) is 0. The molecule has 0 aliphatic heterocycles. The maximum absolute atomic E-state index is 5.48. The predicted molar refractivity (Wildman–Crippen MR) is 57.6 cm³/mol. The first-order chi connectivity index (χ1) is 6.66. The van der Waals surface area contributed by atoms with Crippen molar-refractivity contribution in [3.8, 4) is 0 Å². The Morgan fingerprint density at radius 3 is 2.29 bits per heavy atom. The minimum absolute atomic E-state index is 0.185. The van der Waals surface area contributed by atoms with Crippen LogP contribution in [0.1, 0.15) is 27.2 Å². The number of methoxy groups -OCH3 is 1. The Morgan fingerprint density at radius 1 is 1.00 bits per heavy atom. The summed E-state index contributed by atoms with van der Waals surface area (Å²) in [5.41, 5.74) is 0. The minimum atomic E-state index is 0.185. The Balaban J connectivity index is 3.05. The molecule has 0 aromatic carbocycles. The molecule has 0 radical (unpaired) electrons. The van der Waals surface area contributed by atoms with Crippen LogP contribution in [0.4, 0.5) is 0 Å². The maximum atomic E-state index is 5.48. The second kappa shape index (κ2) is 9.44. The summed E-state index contributed by atoms with van der Waals surface area (Å²) in [7, 11) is 1.69. The largest absolute Gasteiger partial charge is 0.382 e. The van der Waals surface area contributed by atoms with Crippen molar-refractivity contribution in [1.29, 1.82) is 0 Å². The SMILES string of the molecule is COCC(C)OCCCOCC(C)C. The topological polar surface area (TPSA) is 27.7 Å². The lowest BCUT2D eigenvalue weighted by atomic mass is 10.2. The van der Waals surface area contributed by atoms with Gasteiger partial charge in [-0.05, 0) is 19.3 Å². The molecule has 1 unspecified atom stereocenters. The molecule has 0 spiro atoms. The van der Waals surface area contributed by atoms with Crippen LogP contribution in [0.3, 0.4) is 0 Å². The average Bonchev–Trinajstić information content (AvgIpc) is 2.11. The maximum Gasteiger partial charge on any atom is 0.0780 e. The van der Waals surface area contributed by atoms with E-state index in [0.29, 0.717) is 12.5 Å². The lowest BCUT2D eigenvalue weighted by Gasteiger charge is -2.12. The van der Waals surface area contributed by atoms with Crippen molar-refractivity contribution < 1.29 is 14.2 Å². The standard InChI is InChI=1S/C11H24O3/c1-10(2)8-13-6-5-7-14-11(3)9-12-4/h10-11H,5-9H2,1-4H3. The molecule has 0 bridgehead atoms. The van der Waals surface area contributed by atoms with E-state index in [1.807, 2.05) is 6.92 Å². The van der Waals surface area contributed by atoms with Gasteiger partial charge < -0.3 is 14.2 Å². The van der Waals surface area contributed by atoms with Crippen LogP contribution >= 0.6 is 0 Å². The molecule has 0 N–H and O–H groups in total. The predicted octanol–water partition coefficient (Wildman–Crippen LogP) is 2.10. The molecule has 3 nitrogen and oxygen atoms in total. The van der Waals surface area contributed by atoms with E-state index in [1.54, 1.807) is 7.11 Å². The van der Waals surface area contributed by atoms with Crippen LogP contribution < -0.4 is 0 Å². The van der Waals surface area contributed by atoms with E-state index in [4.69, 9.17) is 14.2 Å². The molecule has 0 aromatic rings. The summed E-state index contributed by atoms with van der Waals surface area (Å²) in [4.78, 5) is 0. The van der Waals surface area contributed by atoms with Crippen molar-refractivity contribution in [1.82, 2.24) is 0 Å². The summed E-state index contributed by atoms with van der Waals surface area (Å²) in [6.07, 6.45) is 1.14. The van der Waals surface area contributed by atoms with Gasteiger partial charge in [0.15, 0.2) is 0 Å². The third kappa shape index (κ3) is 9.96. The first-order valence-corrected chi connectivity index (χ1v) is 5.35. The third-order valence-corrected chi connectivity index (χ3v) is 1.69. The molecule has 0 saturated heterocycles. The first kappa shape index (κ1) is 13.9. The third-order valence-electron chi connectivity index (χ3n) is 1.69. The van der Waals surface area contributed by atoms with Crippen molar-refractivity contribution in [3.05, 3.63) is 0 Å². The van der Waals surface area contributed by atoms with E-state index < -0.39 is 0 Å². The minimum Gasteiger partial charge on any atom is -0.382 e. The van der Waals surface area contributed by atoms with Gasteiger partial charge in [0.2, 0.25) is 0 Å². The van der Waals surface area contributed by atoms with E-state index in [1.165, 1.54) is 0 Å². The summed E-state index contributed by atoms with van der Waals surface area (Å²) in [5.74, 6) is 0.614. The molecule has 14 heavy (non-hydrogen) atoms. The van der Waals surface area contributed by atoms with Gasteiger partial charge in [-0.15, -0.1) is 0 Å². The summed E-state index contributed by atoms with van der Waals surface area (Å²) in [6, 6.07) is 0. The zero-order valence-electron chi connectivity index (χ0n) is 9.91. The lowest BCUT2D eigenvalue weighted by molar-refractivity contribution is -0.00212. The van der Waals surface area contributed by atoms with Crippen molar-refractivity contribution in [2.24, 2.45) is 5.92 Å². The van der Waals surface area contributed by atoms with Crippen LogP contribution in [0.2, 0.25) is 0 Å². The van der Waals surface area contributed by atoms with Gasteiger partial charge in [-0.3, -0.25) is 0 Å². The van der Waals surface area contributed by atoms with Crippen molar-refractivity contribution in [2.45, 2.75) is 33.3 Å². The van der Waals surface area contributed by atoms with E-state index in [-0.39, 0.29) is 6.10 Å². The van der Waals surface area contributed by atoms with E-state index >= 15 is 0 Å². The summed E-state index contributed by atoms with van der Waals surface area (Å²) in [6.45, 7) is 9.35. The molecule has 0 amide bonds. The van der Waals surface area contributed by atoms with Crippen LogP contribution in [0.15, 0.2) is 0 Å². The fraction of sp³-hybridized carbons (Fsp3) is 1.00. The Morgan fingerprint density at radius 2 is 1.71 bits per heavy atom. The summed E-state index contributed by atoms with van der Waals surface area (Å²) < 4.78 is 15.9. The van der Waals surface area contributed by atoms with Gasteiger partial charge in [0.1, 0.15) is 0 Å². The number of hydrogen-bond acceptors (Lipinski definition) is 3. The molecule has 0 fully saturated rings. The van der Waals surface area contributed by atoms with Crippen molar-refractivity contribution in [3.63, 3.8) is 0 Å². The molecule has 0 aliphatic carbocycles. The van der Waals surface area contributed by atoms with Gasteiger partial charge in [0.25, 0.3) is 0 Å². The zero-order chi connectivity index (χ0) is 10.8. The highest BCUT2D eigenvalue weighted by Gasteiger charge is 2.00. The van der Waals surface area contributed by atoms with Gasteiger partial charge in [0, 0.05) is 26.9 Å².